The van der Waals surface area contributed by atoms with Crippen LogP contribution in [0, 0.1) is 25.0 Å². The smallest absolute Gasteiger partial charge is 0.0253 e. The molecule has 4 aromatic carbocycles. The molecule has 0 N–H and O–H groups in total. The Morgan fingerprint density at radius 3 is 1.82 bits per heavy atom. The summed E-state index contributed by atoms with van der Waals surface area (Å²) in [4.78, 5) is 0. The zero-order valence-corrected chi connectivity index (χ0v) is 26.3. The summed E-state index contributed by atoms with van der Waals surface area (Å²) in [6, 6.07) is 38.4. The van der Waals surface area contributed by atoms with E-state index in [0.29, 0.717) is 0 Å². The van der Waals surface area contributed by atoms with Crippen LogP contribution in [0.3, 0.4) is 0 Å². The third kappa shape index (κ3) is 12.8. The normalized spacial score (nSPS) is 10.3. The number of benzene rings is 4. The molecule has 0 unspecified atom stereocenters. The van der Waals surface area contributed by atoms with Crippen LogP contribution in [0.1, 0.15) is 42.5 Å². The Morgan fingerprint density at radius 2 is 1.34 bits per heavy atom. The van der Waals surface area contributed by atoms with Crippen LogP contribution in [0.5, 0.6) is 0 Å². The summed E-state index contributed by atoms with van der Waals surface area (Å²) in [7, 11) is 0. The first-order valence-electron chi connectivity index (χ1n) is 12.0. The van der Waals surface area contributed by atoms with E-state index in [-0.39, 0.29) is 24.8 Å². The van der Waals surface area contributed by atoms with Gasteiger partial charge in [0.05, 0.1) is 0 Å². The third-order valence-corrected chi connectivity index (χ3v) is 5.40. The monoisotopic (exact) mass is 616 g/mol. The first-order valence-corrected chi connectivity index (χ1v) is 13.8. The summed E-state index contributed by atoms with van der Waals surface area (Å²) in [5.74, 6) is 1.37. The van der Waals surface area contributed by atoms with Crippen molar-refractivity contribution in [3.63, 3.8) is 0 Å². The van der Waals surface area contributed by atoms with Crippen LogP contribution < -0.4 is 0 Å². The van der Waals surface area contributed by atoms with Crippen LogP contribution >= 0.6 is 24.8 Å². The van der Waals surface area contributed by atoms with Crippen LogP contribution in [-0.2, 0) is 30.7 Å². The molecule has 0 saturated carbocycles. The summed E-state index contributed by atoms with van der Waals surface area (Å²) in [5.41, 5.74) is 7.91. The van der Waals surface area contributed by atoms with E-state index in [4.69, 9.17) is 0 Å². The van der Waals surface area contributed by atoms with Crippen LogP contribution in [0.2, 0.25) is 0 Å². The van der Waals surface area contributed by atoms with E-state index in [1.54, 1.807) is 0 Å². The Balaban J connectivity index is 0.000000487. The molecule has 0 atom stereocenters. The summed E-state index contributed by atoms with van der Waals surface area (Å²) in [6.07, 6.45) is 11.0. The van der Waals surface area contributed by atoms with Gasteiger partial charge in [-0.1, -0.05) is 61.4 Å². The Hall–Kier alpha value is -2.57. The number of allylic oxidation sites excluding steroid dienone is 4. The molecule has 0 aromatic heterocycles. The molecule has 4 aromatic rings. The Labute approximate surface area is 258 Å². The van der Waals surface area contributed by atoms with Gasteiger partial charge in [-0.15, -0.1) is 61.1 Å². The van der Waals surface area contributed by atoms with Gasteiger partial charge in [0, 0.05) is 0 Å². The summed E-state index contributed by atoms with van der Waals surface area (Å²) in [6.45, 7) is 7.96. The third-order valence-electron chi connectivity index (χ3n) is 5.40. The summed E-state index contributed by atoms with van der Waals surface area (Å²) in [5, 5.41) is 0. The van der Waals surface area contributed by atoms with E-state index in [2.05, 4.69) is 104 Å². The van der Waals surface area contributed by atoms with Crippen molar-refractivity contribution >= 4 is 29.0 Å². The predicted octanol–water partition coefficient (Wildman–Crippen LogP) is 9.69. The van der Waals surface area contributed by atoms with E-state index in [1.165, 1.54) is 58.0 Å². The van der Waals surface area contributed by atoms with Gasteiger partial charge >= 0.3 is 28.4 Å². The van der Waals surface area contributed by atoms with E-state index in [0.717, 1.165) is 18.4 Å². The quantitative estimate of drug-likeness (QED) is 0.164. The first-order chi connectivity index (χ1) is 17.6. The van der Waals surface area contributed by atoms with E-state index in [9.17, 15) is 0 Å². The van der Waals surface area contributed by atoms with Gasteiger partial charge in [0.25, 0.3) is 0 Å². The minimum atomic E-state index is 0. The Morgan fingerprint density at radius 1 is 0.763 bits per heavy atom. The SMILES string of the molecule is C[C-](C)c1ccccc1.Cl.Cl.[C-]1=CC=CC1.[CH2-]c1ccccc1.[CH2]=[Zr].[c-]1cccc2c1Cc1ccccc1-2. The van der Waals surface area contributed by atoms with Gasteiger partial charge in [0.1, 0.15) is 0 Å². The zero-order chi connectivity index (χ0) is 26.0. The van der Waals surface area contributed by atoms with E-state index < -0.39 is 0 Å². The van der Waals surface area contributed by atoms with Gasteiger partial charge in [-0.25, -0.2) is 12.2 Å². The second-order valence-electron chi connectivity index (χ2n) is 8.25. The van der Waals surface area contributed by atoms with Crippen molar-refractivity contribution in [1.29, 1.82) is 0 Å². The molecule has 0 radical (unpaired) electrons. The molecule has 0 spiro atoms. The minimum absolute atomic E-state index is 0. The number of hydrogen-bond donors (Lipinski definition) is 0. The van der Waals surface area contributed by atoms with Crippen LogP contribution in [-0.4, -0.2) is 4.21 Å². The topological polar surface area (TPSA) is 0 Å². The van der Waals surface area contributed by atoms with Gasteiger partial charge in [0.2, 0.25) is 0 Å². The van der Waals surface area contributed by atoms with E-state index in [1.807, 2.05) is 54.6 Å². The van der Waals surface area contributed by atoms with Gasteiger partial charge in [0.15, 0.2) is 0 Å². The van der Waals surface area contributed by atoms with Crippen LogP contribution in [0.15, 0.2) is 121 Å². The molecule has 0 bridgehead atoms. The van der Waals surface area contributed by atoms with Crippen molar-refractivity contribution in [2.75, 3.05) is 0 Å². The summed E-state index contributed by atoms with van der Waals surface area (Å²) >= 11 is 1.30. The number of halogens is 2. The molecule has 2 aliphatic carbocycles. The molecule has 0 heterocycles. The summed E-state index contributed by atoms with van der Waals surface area (Å²) < 4.78 is 3.34. The minimum Gasteiger partial charge on any atom is -0.179 e. The average Bonchev–Trinajstić information content (AvgIpc) is 3.64. The molecule has 2 aliphatic rings. The predicted molar refractivity (Wildman–Crippen MR) is 168 cm³/mol. The average molecular weight is 619 g/mol. The maximum atomic E-state index is 3.72. The molecule has 0 amide bonds. The second-order valence-corrected chi connectivity index (χ2v) is 8.25. The molecule has 0 nitrogen and oxygen atoms in total. The molecule has 0 saturated heterocycles. The fraction of sp³-hybridized carbons (Fsp3) is 0.114. The Bertz CT molecular complexity index is 1150. The zero-order valence-electron chi connectivity index (χ0n) is 22.2. The molecule has 198 valence electrons. The molecular formula is C35H36Cl2Zr-4. The largest absolute Gasteiger partial charge is 0.179 e. The molecule has 0 aliphatic heterocycles. The Kier molecular flexibility index (Phi) is 19.9. The number of hydrogen-bond acceptors (Lipinski definition) is 0. The first kappa shape index (κ1) is 35.4. The van der Waals surface area contributed by atoms with Gasteiger partial charge < -0.3 is 0 Å². The van der Waals surface area contributed by atoms with Gasteiger partial charge in [-0.05, 0) is 6.42 Å². The van der Waals surface area contributed by atoms with Crippen LogP contribution in [0.25, 0.3) is 11.1 Å². The van der Waals surface area contributed by atoms with Gasteiger partial charge in [-0.3, -0.25) is 6.08 Å². The molecule has 0 fully saturated rings. The van der Waals surface area contributed by atoms with Crippen LogP contribution in [0.4, 0.5) is 0 Å². The number of rotatable bonds is 1. The van der Waals surface area contributed by atoms with Gasteiger partial charge in [-0.2, -0.15) is 84.1 Å². The second kappa shape index (κ2) is 21.4. The van der Waals surface area contributed by atoms with Crippen molar-refractivity contribution in [3.8, 4) is 11.1 Å². The maximum Gasteiger partial charge on any atom is -0.0253 e. The standard InChI is InChI=1S/C13H9.C9H11.C7H7.C5H5.CH2.2ClH.Zr/c1-3-7-12-10(5-1)9-11-6-2-4-8-13(11)12;1-8(2)9-6-4-3-5-7-9;1-7-5-3-2-4-6-7;1-2-4-5-3-1;;;;/h1-5,7-8H,9H2;3-7H,1-2H3;2-6H,1H2;1-3H,4H2;1H2;2*1H;/q4*-1;;;;. The number of fused-ring (bicyclic) bond motifs is 3. The van der Waals surface area contributed by atoms with Crippen molar-refractivity contribution < 1.29 is 24.2 Å². The fourth-order valence-corrected chi connectivity index (χ4v) is 3.59. The molecule has 3 heteroatoms. The van der Waals surface area contributed by atoms with Crippen molar-refractivity contribution in [2.45, 2.75) is 26.7 Å². The maximum absolute atomic E-state index is 3.72. The van der Waals surface area contributed by atoms with Crippen molar-refractivity contribution in [1.82, 2.24) is 0 Å². The molecular weight excluding hydrogens is 583 g/mol. The fourth-order valence-electron chi connectivity index (χ4n) is 3.59. The van der Waals surface area contributed by atoms with Crippen molar-refractivity contribution in [2.24, 2.45) is 0 Å². The molecule has 6 rings (SSSR count). The molecule has 38 heavy (non-hydrogen) atoms. The van der Waals surface area contributed by atoms with Crippen molar-refractivity contribution in [3.05, 3.63) is 169 Å². The van der Waals surface area contributed by atoms with E-state index >= 15 is 0 Å².